The maximum absolute atomic E-state index is 13.6. The number of halogens is 2. The number of fused-ring (bicyclic) bond motifs is 1. The molecule has 0 amide bonds. The van der Waals surface area contributed by atoms with Crippen molar-refractivity contribution >= 4 is 10.8 Å². The quantitative estimate of drug-likeness (QED) is 0.838. The summed E-state index contributed by atoms with van der Waals surface area (Å²) < 4.78 is 36.5. The van der Waals surface area contributed by atoms with Crippen molar-refractivity contribution in [2.45, 2.75) is 0 Å². The van der Waals surface area contributed by atoms with Gasteiger partial charge in [0.1, 0.15) is 11.5 Å². The average Bonchev–Trinajstić information content (AvgIpc) is 2.30. The van der Waals surface area contributed by atoms with Crippen molar-refractivity contribution < 1.29 is 23.4 Å². The molecule has 0 saturated carbocycles. The van der Waals surface area contributed by atoms with Crippen LogP contribution >= 0.6 is 0 Å². The van der Waals surface area contributed by atoms with Crippen LogP contribution in [0.1, 0.15) is 0 Å². The molecule has 0 aliphatic carbocycles. The van der Waals surface area contributed by atoms with Gasteiger partial charge in [0.25, 0.3) is 0 Å². The van der Waals surface area contributed by atoms with E-state index in [0.717, 1.165) is 6.07 Å². The molecule has 2 rings (SSSR count). The van der Waals surface area contributed by atoms with Crippen LogP contribution in [0.2, 0.25) is 0 Å². The van der Waals surface area contributed by atoms with Crippen LogP contribution in [0.3, 0.4) is 0 Å². The number of phenols is 1. The molecule has 90 valence electrons. The number of methoxy groups -OCH3 is 1. The van der Waals surface area contributed by atoms with Crippen LogP contribution < -0.4 is 4.74 Å². The third-order valence-corrected chi connectivity index (χ3v) is 2.29. The largest absolute Gasteiger partial charge is 0.508 e. The van der Waals surface area contributed by atoms with Gasteiger partial charge in [-0.25, -0.2) is 8.78 Å². The molecule has 0 aromatic heterocycles. The van der Waals surface area contributed by atoms with Gasteiger partial charge < -0.3 is 14.6 Å². The minimum Gasteiger partial charge on any atom is -0.508 e. The van der Waals surface area contributed by atoms with E-state index in [0.29, 0.717) is 5.39 Å². The molecule has 0 spiro atoms. The van der Waals surface area contributed by atoms with E-state index in [2.05, 4.69) is 4.74 Å². The van der Waals surface area contributed by atoms with E-state index in [9.17, 15) is 13.9 Å². The SMILES string of the molecule is COCOc1cc(O)cc2ccc(F)c(F)c12. The third-order valence-electron chi connectivity index (χ3n) is 2.29. The molecule has 0 saturated heterocycles. The Bertz CT molecular complexity index is 555. The van der Waals surface area contributed by atoms with E-state index < -0.39 is 11.6 Å². The fourth-order valence-corrected chi connectivity index (χ4v) is 1.58. The Balaban J connectivity index is 2.66. The van der Waals surface area contributed by atoms with Crippen molar-refractivity contribution in [3.8, 4) is 11.5 Å². The zero-order valence-corrected chi connectivity index (χ0v) is 9.04. The number of hydrogen-bond acceptors (Lipinski definition) is 3. The van der Waals surface area contributed by atoms with Crippen molar-refractivity contribution in [2.75, 3.05) is 13.9 Å². The highest BCUT2D eigenvalue weighted by atomic mass is 19.2. The summed E-state index contributed by atoms with van der Waals surface area (Å²) in [5, 5.41) is 9.78. The average molecular weight is 240 g/mol. The molecule has 0 aliphatic heterocycles. The van der Waals surface area contributed by atoms with Gasteiger partial charge in [-0.05, 0) is 17.5 Å². The molecule has 5 heteroatoms. The summed E-state index contributed by atoms with van der Waals surface area (Å²) in [4.78, 5) is 0. The number of benzene rings is 2. The fraction of sp³-hybridized carbons (Fsp3) is 0.167. The van der Waals surface area contributed by atoms with Gasteiger partial charge >= 0.3 is 0 Å². The predicted molar refractivity (Wildman–Crippen MR) is 58.0 cm³/mol. The summed E-state index contributed by atoms with van der Waals surface area (Å²) in [6.07, 6.45) is 0. The monoisotopic (exact) mass is 240 g/mol. The summed E-state index contributed by atoms with van der Waals surface area (Å²) in [6.45, 7) is -0.117. The summed E-state index contributed by atoms with van der Waals surface area (Å²) in [7, 11) is 1.40. The summed E-state index contributed by atoms with van der Waals surface area (Å²) >= 11 is 0. The highest BCUT2D eigenvalue weighted by molar-refractivity contribution is 5.90. The first-order valence-corrected chi connectivity index (χ1v) is 4.86. The molecule has 2 aromatic rings. The second-order valence-electron chi connectivity index (χ2n) is 3.45. The van der Waals surface area contributed by atoms with Crippen molar-refractivity contribution in [1.82, 2.24) is 0 Å². The first-order valence-electron chi connectivity index (χ1n) is 4.86. The molecule has 0 heterocycles. The zero-order valence-electron chi connectivity index (χ0n) is 9.04. The molecule has 0 fully saturated rings. The van der Waals surface area contributed by atoms with Gasteiger partial charge in [-0.3, -0.25) is 0 Å². The Hall–Kier alpha value is -1.88. The number of ether oxygens (including phenoxy) is 2. The maximum Gasteiger partial charge on any atom is 0.188 e. The maximum atomic E-state index is 13.6. The van der Waals surface area contributed by atoms with E-state index in [1.165, 1.54) is 25.3 Å². The fourth-order valence-electron chi connectivity index (χ4n) is 1.58. The van der Waals surface area contributed by atoms with Gasteiger partial charge in [-0.2, -0.15) is 0 Å². The van der Waals surface area contributed by atoms with Crippen LogP contribution in [-0.4, -0.2) is 19.0 Å². The standard InChI is InChI=1S/C12H10F2O3/c1-16-6-17-10-5-8(15)4-7-2-3-9(13)12(14)11(7)10/h2-5,15H,6H2,1H3. The van der Waals surface area contributed by atoms with Gasteiger partial charge in [-0.1, -0.05) is 6.07 Å². The Morgan fingerprint density at radius 1 is 1.24 bits per heavy atom. The smallest absolute Gasteiger partial charge is 0.188 e. The molecule has 0 unspecified atom stereocenters. The number of aromatic hydroxyl groups is 1. The van der Waals surface area contributed by atoms with E-state index in [1.807, 2.05) is 0 Å². The van der Waals surface area contributed by atoms with Gasteiger partial charge in [0, 0.05) is 13.2 Å². The normalized spacial score (nSPS) is 10.8. The van der Waals surface area contributed by atoms with Crippen LogP contribution in [0.25, 0.3) is 10.8 Å². The molecule has 3 nitrogen and oxygen atoms in total. The number of hydrogen-bond donors (Lipinski definition) is 1. The lowest BCUT2D eigenvalue weighted by atomic mass is 10.1. The van der Waals surface area contributed by atoms with Gasteiger partial charge in [-0.15, -0.1) is 0 Å². The zero-order chi connectivity index (χ0) is 12.4. The molecule has 0 atom stereocenters. The van der Waals surface area contributed by atoms with Gasteiger partial charge in [0.05, 0.1) is 5.39 Å². The topological polar surface area (TPSA) is 38.7 Å². The van der Waals surface area contributed by atoms with Gasteiger partial charge in [0.15, 0.2) is 18.4 Å². The van der Waals surface area contributed by atoms with Crippen molar-refractivity contribution in [3.63, 3.8) is 0 Å². The second kappa shape index (κ2) is 4.55. The Morgan fingerprint density at radius 3 is 2.71 bits per heavy atom. The van der Waals surface area contributed by atoms with Crippen LogP contribution in [0.15, 0.2) is 24.3 Å². The highest BCUT2D eigenvalue weighted by Crippen LogP contribution is 2.33. The Morgan fingerprint density at radius 2 is 2.00 bits per heavy atom. The van der Waals surface area contributed by atoms with E-state index >= 15 is 0 Å². The molecule has 1 N–H and O–H groups in total. The molecular weight excluding hydrogens is 230 g/mol. The number of phenolic OH excluding ortho intramolecular Hbond substituents is 1. The first-order chi connectivity index (χ1) is 8.13. The molecule has 2 aromatic carbocycles. The Kier molecular flexibility index (Phi) is 3.10. The van der Waals surface area contributed by atoms with Gasteiger partial charge in [0.2, 0.25) is 0 Å². The van der Waals surface area contributed by atoms with Crippen molar-refractivity contribution in [3.05, 3.63) is 35.9 Å². The first kappa shape index (κ1) is 11.6. The number of rotatable bonds is 3. The lowest BCUT2D eigenvalue weighted by molar-refractivity contribution is 0.0520. The lowest BCUT2D eigenvalue weighted by Gasteiger charge is -2.10. The van der Waals surface area contributed by atoms with Crippen molar-refractivity contribution in [1.29, 1.82) is 0 Å². The van der Waals surface area contributed by atoms with E-state index in [4.69, 9.17) is 4.74 Å². The minimum absolute atomic E-state index is 0.0140. The van der Waals surface area contributed by atoms with E-state index in [1.54, 1.807) is 0 Å². The second-order valence-corrected chi connectivity index (χ2v) is 3.45. The minimum atomic E-state index is -1.01. The lowest BCUT2D eigenvalue weighted by Crippen LogP contribution is -2.00. The highest BCUT2D eigenvalue weighted by Gasteiger charge is 2.13. The molecular formula is C12H10F2O3. The summed E-state index contributed by atoms with van der Waals surface area (Å²) in [6, 6.07) is 4.91. The molecule has 17 heavy (non-hydrogen) atoms. The van der Waals surface area contributed by atoms with Crippen LogP contribution in [-0.2, 0) is 4.74 Å². The van der Waals surface area contributed by atoms with Crippen molar-refractivity contribution in [2.24, 2.45) is 0 Å². The summed E-state index contributed by atoms with van der Waals surface area (Å²) in [5.41, 5.74) is 0. The third kappa shape index (κ3) is 2.14. The van der Waals surface area contributed by atoms with Crippen LogP contribution in [0.4, 0.5) is 8.78 Å². The van der Waals surface area contributed by atoms with Crippen LogP contribution in [0, 0.1) is 11.6 Å². The molecule has 0 radical (unpaired) electrons. The summed E-state index contributed by atoms with van der Waals surface area (Å²) in [5.74, 6) is -2.02. The Labute approximate surface area is 96.2 Å². The van der Waals surface area contributed by atoms with Crippen LogP contribution in [0.5, 0.6) is 11.5 Å². The molecule has 0 bridgehead atoms. The van der Waals surface area contributed by atoms with E-state index in [-0.39, 0.29) is 23.7 Å². The predicted octanol–water partition coefficient (Wildman–Crippen LogP) is 2.81. The molecule has 0 aliphatic rings.